The van der Waals surface area contributed by atoms with E-state index in [-0.39, 0.29) is 23.1 Å². The fraction of sp³-hybridized carbons (Fsp3) is 0.333. The van der Waals surface area contributed by atoms with Gasteiger partial charge < -0.3 is 5.32 Å². The number of hydrogen-bond donors (Lipinski definition) is 1. The van der Waals surface area contributed by atoms with Crippen LogP contribution >= 0.6 is 0 Å². The van der Waals surface area contributed by atoms with Gasteiger partial charge in [0.25, 0.3) is 5.91 Å². The van der Waals surface area contributed by atoms with Crippen LogP contribution in [-0.4, -0.2) is 29.9 Å². The van der Waals surface area contributed by atoms with Crippen LogP contribution in [-0.2, 0) is 29.1 Å². The Labute approximate surface area is 129 Å². The molecule has 1 aliphatic rings. The normalized spacial score (nSPS) is 16.1. The lowest BCUT2D eigenvalue weighted by molar-refractivity contribution is 0.102. The van der Waals surface area contributed by atoms with Crippen LogP contribution in [0.2, 0.25) is 0 Å². The summed E-state index contributed by atoms with van der Waals surface area (Å²) in [5, 5.41) is 7.03. The molecule has 2 heterocycles. The van der Waals surface area contributed by atoms with E-state index in [0.29, 0.717) is 17.7 Å². The summed E-state index contributed by atoms with van der Waals surface area (Å²) in [5.74, 6) is -0.381. The molecule has 0 radical (unpaired) electrons. The van der Waals surface area contributed by atoms with Gasteiger partial charge in [-0.1, -0.05) is 18.2 Å². The van der Waals surface area contributed by atoms with Gasteiger partial charge in [0.05, 0.1) is 11.5 Å². The average molecular weight is 319 g/mol. The van der Waals surface area contributed by atoms with E-state index >= 15 is 0 Å². The molecule has 1 amide bonds. The minimum Gasteiger partial charge on any atom is -0.320 e. The number of aromatic nitrogens is 2. The number of carbonyl (C=O) groups is 1. The first-order valence-electron chi connectivity index (χ1n) is 6.99. The number of nitrogens with one attached hydrogen (secondary N) is 1. The highest BCUT2D eigenvalue weighted by molar-refractivity contribution is 7.90. The van der Waals surface area contributed by atoms with Crippen molar-refractivity contribution in [1.29, 1.82) is 0 Å². The first kappa shape index (κ1) is 14.8. The molecule has 3 rings (SSSR count). The van der Waals surface area contributed by atoms with E-state index in [1.165, 1.54) is 0 Å². The van der Waals surface area contributed by atoms with Crippen molar-refractivity contribution in [2.45, 2.75) is 19.1 Å². The molecule has 2 aromatic rings. The third kappa shape index (κ3) is 2.64. The number of sulfone groups is 1. The average Bonchev–Trinajstić information content (AvgIpc) is 2.76. The number of benzene rings is 1. The summed E-state index contributed by atoms with van der Waals surface area (Å²) in [7, 11) is -1.42. The number of amides is 1. The number of nitrogens with zero attached hydrogens (tertiary/aromatic N) is 2. The third-order valence-electron chi connectivity index (χ3n) is 3.90. The quantitative estimate of drug-likeness (QED) is 0.908. The third-order valence-corrected chi connectivity index (χ3v) is 5.45. The van der Waals surface area contributed by atoms with Crippen molar-refractivity contribution in [3.63, 3.8) is 0 Å². The number of para-hydroxylation sites is 1. The van der Waals surface area contributed by atoms with E-state index in [0.717, 1.165) is 11.3 Å². The van der Waals surface area contributed by atoms with Gasteiger partial charge in [-0.15, -0.1) is 0 Å². The molecule has 0 bridgehead atoms. The number of hydrogen-bond acceptors (Lipinski definition) is 4. The van der Waals surface area contributed by atoms with E-state index in [9.17, 15) is 13.2 Å². The van der Waals surface area contributed by atoms with Gasteiger partial charge in [0.15, 0.2) is 15.5 Å². The van der Waals surface area contributed by atoms with Crippen LogP contribution in [0.25, 0.3) is 0 Å². The molecule has 1 aromatic heterocycles. The first-order chi connectivity index (χ1) is 10.4. The predicted octanol–water partition coefficient (Wildman–Crippen LogP) is 1.45. The Balaban J connectivity index is 1.96. The second kappa shape index (κ2) is 5.24. The Hall–Kier alpha value is -2.15. The highest BCUT2D eigenvalue weighted by atomic mass is 32.2. The van der Waals surface area contributed by atoms with Crippen molar-refractivity contribution in [3.8, 4) is 0 Å². The molecule has 116 valence electrons. The topological polar surface area (TPSA) is 81.1 Å². The van der Waals surface area contributed by atoms with Crippen LogP contribution < -0.4 is 5.32 Å². The Bertz CT molecular complexity index is 853. The van der Waals surface area contributed by atoms with Crippen LogP contribution in [0.15, 0.2) is 24.3 Å². The van der Waals surface area contributed by atoms with Gasteiger partial charge in [0.1, 0.15) is 0 Å². The summed E-state index contributed by atoms with van der Waals surface area (Å²) < 4.78 is 25.3. The predicted molar refractivity (Wildman–Crippen MR) is 83.5 cm³/mol. The van der Waals surface area contributed by atoms with Gasteiger partial charge in [-0.3, -0.25) is 9.48 Å². The van der Waals surface area contributed by atoms with Crippen LogP contribution in [0.5, 0.6) is 0 Å². The van der Waals surface area contributed by atoms with Gasteiger partial charge in [0.2, 0.25) is 0 Å². The second-order valence-corrected chi connectivity index (χ2v) is 7.69. The molecule has 0 saturated carbocycles. The lowest BCUT2D eigenvalue weighted by Crippen LogP contribution is -2.22. The maximum Gasteiger partial charge on any atom is 0.276 e. The van der Waals surface area contributed by atoms with Crippen molar-refractivity contribution < 1.29 is 13.2 Å². The number of aryl methyl sites for hydroxylation is 2. The lowest BCUT2D eigenvalue weighted by atomic mass is 10.1. The molecule has 22 heavy (non-hydrogen) atoms. The number of carbonyl (C=O) groups excluding carboxylic acids is 1. The summed E-state index contributed by atoms with van der Waals surface area (Å²) >= 11 is 0. The molecule has 0 unspecified atom stereocenters. The fourth-order valence-corrected chi connectivity index (χ4v) is 4.08. The molecule has 1 N–H and O–H groups in total. The SMILES string of the molecule is Cc1ccccc1NC(=O)c1nn(C)c2c1CS(=O)(=O)CC2. The molecule has 0 fully saturated rings. The number of anilines is 1. The zero-order valence-corrected chi connectivity index (χ0v) is 13.3. The molecular weight excluding hydrogens is 302 g/mol. The standard InChI is InChI=1S/C15H17N3O3S/c1-10-5-3-4-6-12(10)16-15(19)14-11-9-22(20,21)8-7-13(11)18(2)17-14/h3-6H,7-9H2,1-2H3,(H,16,19). The Kier molecular flexibility index (Phi) is 3.52. The minimum atomic E-state index is -3.15. The summed E-state index contributed by atoms with van der Waals surface area (Å²) in [6.45, 7) is 1.90. The van der Waals surface area contributed by atoms with E-state index in [4.69, 9.17) is 0 Å². The summed E-state index contributed by atoms with van der Waals surface area (Å²) in [4.78, 5) is 12.5. The van der Waals surface area contributed by atoms with E-state index < -0.39 is 9.84 Å². The number of rotatable bonds is 2. The van der Waals surface area contributed by atoms with Gasteiger partial charge >= 0.3 is 0 Å². The molecule has 0 atom stereocenters. The lowest BCUT2D eigenvalue weighted by Gasteiger charge is -2.13. The van der Waals surface area contributed by atoms with E-state index in [1.807, 2.05) is 25.1 Å². The van der Waals surface area contributed by atoms with E-state index in [2.05, 4.69) is 10.4 Å². The highest BCUT2D eigenvalue weighted by Gasteiger charge is 2.30. The monoisotopic (exact) mass is 319 g/mol. The zero-order valence-electron chi connectivity index (χ0n) is 12.5. The molecule has 0 saturated heterocycles. The maximum absolute atomic E-state index is 12.5. The van der Waals surface area contributed by atoms with Crippen molar-refractivity contribution in [3.05, 3.63) is 46.8 Å². The van der Waals surface area contributed by atoms with Gasteiger partial charge in [-0.05, 0) is 18.6 Å². The van der Waals surface area contributed by atoms with Gasteiger partial charge in [-0.25, -0.2) is 8.42 Å². The summed E-state index contributed by atoms with van der Waals surface area (Å²) in [6.07, 6.45) is 0.402. The largest absolute Gasteiger partial charge is 0.320 e. The molecular formula is C15H17N3O3S. The first-order valence-corrected chi connectivity index (χ1v) is 8.82. The molecule has 0 aliphatic carbocycles. The van der Waals surface area contributed by atoms with Gasteiger partial charge in [0, 0.05) is 30.4 Å². The Morgan fingerprint density at radius 3 is 2.77 bits per heavy atom. The Morgan fingerprint density at radius 1 is 1.32 bits per heavy atom. The van der Waals surface area contributed by atoms with Crippen molar-refractivity contribution in [2.24, 2.45) is 7.05 Å². The summed E-state index contributed by atoms with van der Waals surface area (Å²) in [5.41, 5.74) is 3.19. The fourth-order valence-electron chi connectivity index (χ4n) is 2.69. The zero-order chi connectivity index (χ0) is 15.9. The molecule has 0 spiro atoms. The van der Waals surface area contributed by atoms with Crippen LogP contribution in [0.1, 0.15) is 27.3 Å². The van der Waals surface area contributed by atoms with Crippen LogP contribution in [0, 0.1) is 6.92 Å². The smallest absolute Gasteiger partial charge is 0.276 e. The number of fused-ring (bicyclic) bond motifs is 1. The second-order valence-electron chi connectivity index (χ2n) is 5.51. The minimum absolute atomic E-state index is 0.110. The summed E-state index contributed by atoms with van der Waals surface area (Å²) in [6, 6.07) is 7.43. The van der Waals surface area contributed by atoms with Crippen molar-refractivity contribution >= 4 is 21.4 Å². The van der Waals surface area contributed by atoms with Crippen LogP contribution in [0.4, 0.5) is 5.69 Å². The molecule has 1 aromatic carbocycles. The van der Waals surface area contributed by atoms with Crippen LogP contribution in [0.3, 0.4) is 0 Å². The Morgan fingerprint density at radius 2 is 2.05 bits per heavy atom. The van der Waals surface area contributed by atoms with Crippen molar-refractivity contribution in [2.75, 3.05) is 11.1 Å². The molecule has 7 heteroatoms. The van der Waals surface area contributed by atoms with Gasteiger partial charge in [-0.2, -0.15) is 5.10 Å². The molecule has 6 nitrogen and oxygen atoms in total. The van der Waals surface area contributed by atoms with E-state index in [1.54, 1.807) is 17.8 Å². The highest BCUT2D eigenvalue weighted by Crippen LogP contribution is 2.24. The maximum atomic E-state index is 12.5. The van der Waals surface area contributed by atoms with Crippen molar-refractivity contribution in [1.82, 2.24) is 9.78 Å². The molecule has 1 aliphatic heterocycles.